The van der Waals surface area contributed by atoms with Crippen molar-refractivity contribution in [3.8, 4) is 5.75 Å². The molecule has 0 spiro atoms. The topological polar surface area (TPSA) is 48.7 Å². The van der Waals surface area contributed by atoms with Gasteiger partial charge >= 0.3 is 0 Å². The summed E-state index contributed by atoms with van der Waals surface area (Å²) in [6, 6.07) is 2.05. The third-order valence-corrected chi connectivity index (χ3v) is 5.55. The predicted molar refractivity (Wildman–Crippen MR) is 91.8 cm³/mol. The Balaban J connectivity index is 1.85. The van der Waals surface area contributed by atoms with Crippen molar-refractivity contribution < 1.29 is 5.11 Å². The number of aromatic nitrogens is 1. The fourth-order valence-corrected chi connectivity index (χ4v) is 3.96. The summed E-state index contributed by atoms with van der Waals surface area (Å²) in [6.07, 6.45) is 6.57. The second-order valence-electron chi connectivity index (χ2n) is 7.33. The molecule has 0 bridgehead atoms. The maximum Gasteiger partial charge on any atom is 0.223 e. The molecule has 1 aliphatic carbocycles. The maximum absolute atomic E-state index is 12.0. The van der Waals surface area contributed by atoms with E-state index in [9.17, 15) is 9.90 Å². The van der Waals surface area contributed by atoms with Gasteiger partial charge in [-0.3, -0.25) is 9.69 Å². The number of piperazine rings is 1. The van der Waals surface area contributed by atoms with Gasteiger partial charge in [-0.15, -0.1) is 0 Å². The summed E-state index contributed by atoms with van der Waals surface area (Å²) < 4.78 is 2.19. The highest BCUT2D eigenvalue weighted by Gasteiger charge is 2.25. The molecule has 0 amide bonds. The van der Waals surface area contributed by atoms with Gasteiger partial charge in [-0.2, -0.15) is 0 Å². The largest absolute Gasteiger partial charge is 0.503 e. The minimum Gasteiger partial charge on any atom is -0.503 e. The van der Waals surface area contributed by atoms with Crippen molar-refractivity contribution in [1.29, 1.82) is 0 Å². The Morgan fingerprint density at radius 3 is 2.57 bits per heavy atom. The smallest absolute Gasteiger partial charge is 0.223 e. The van der Waals surface area contributed by atoms with Gasteiger partial charge in [0.2, 0.25) is 5.43 Å². The lowest BCUT2D eigenvalue weighted by molar-refractivity contribution is 0.142. The van der Waals surface area contributed by atoms with Gasteiger partial charge in [-0.1, -0.05) is 19.8 Å². The van der Waals surface area contributed by atoms with Crippen LogP contribution in [-0.4, -0.2) is 52.7 Å². The molecule has 2 unspecified atom stereocenters. The molecule has 0 radical (unpaired) electrons. The molecule has 1 saturated heterocycles. The zero-order valence-electron chi connectivity index (χ0n) is 14.4. The molecule has 1 aliphatic heterocycles. The summed E-state index contributed by atoms with van der Waals surface area (Å²) >= 11 is 0. The van der Waals surface area contributed by atoms with E-state index >= 15 is 0 Å². The maximum atomic E-state index is 12.0. The Hall–Kier alpha value is -1.33. The van der Waals surface area contributed by atoms with E-state index in [0.717, 1.165) is 44.8 Å². The van der Waals surface area contributed by atoms with Crippen molar-refractivity contribution in [2.75, 3.05) is 33.2 Å². The minimum absolute atomic E-state index is 0.120. The SMILES string of the molecule is CC1CCCCC1n1cc(O)c(=O)cc1CN1CCN(C)CC1. The Bertz CT molecular complexity index is 590. The Morgan fingerprint density at radius 1 is 1.17 bits per heavy atom. The van der Waals surface area contributed by atoms with Crippen LogP contribution in [0.1, 0.15) is 44.3 Å². The van der Waals surface area contributed by atoms with E-state index in [1.165, 1.54) is 19.3 Å². The average molecular weight is 319 g/mol. The number of pyridine rings is 1. The van der Waals surface area contributed by atoms with Crippen LogP contribution in [0.25, 0.3) is 0 Å². The zero-order chi connectivity index (χ0) is 16.4. The molecule has 2 aliphatic rings. The van der Waals surface area contributed by atoms with E-state index < -0.39 is 0 Å². The number of likely N-dealkylation sites (N-methyl/N-ethyl adjacent to an activating group) is 1. The van der Waals surface area contributed by atoms with Gasteiger partial charge in [-0.05, 0) is 25.8 Å². The lowest BCUT2D eigenvalue weighted by Crippen LogP contribution is -2.44. The van der Waals surface area contributed by atoms with Crippen LogP contribution in [-0.2, 0) is 6.54 Å². The van der Waals surface area contributed by atoms with Crippen LogP contribution in [0.5, 0.6) is 5.75 Å². The molecule has 5 heteroatoms. The minimum atomic E-state index is -0.256. The fraction of sp³-hybridized carbons (Fsp3) is 0.722. The van der Waals surface area contributed by atoms with Gasteiger partial charge in [0.25, 0.3) is 0 Å². The average Bonchev–Trinajstić information content (AvgIpc) is 2.54. The van der Waals surface area contributed by atoms with Gasteiger partial charge in [0.15, 0.2) is 5.75 Å². The van der Waals surface area contributed by atoms with Gasteiger partial charge in [0, 0.05) is 50.5 Å². The number of hydrogen-bond donors (Lipinski definition) is 1. The van der Waals surface area contributed by atoms with Crippen molar-refractivity contribution in [1.82, 2.24) is 14.4 Å². The number of rotatable bonds is 3. The first-order chi connectivity index (χ1) is 11.0. The van der Waals surface area contributed by atoms with Gasteiger partial charge in [-0.25, -0.2) is 0 Å². The standard InChI is InChI=1S/C18H29N3O2/c1-14-5-3-4-6-16(14)21-13-18(23)17(22)11-15(21)12-20-9-7-19(2)8-10-20/h11,13-14,16,23H,3-10,12H2,1-2H3. The molecule has 1 saturated carbocycles. The number of nitrogens with zero attached hydrogens (tertiary/aromatic N) is 3. The Morgan fingerprint density at radius 2 is 1.87 bits per heavy atom. The predicted octanol–water partition coefficient (Wildman–Crippen LogP) is 2.05. The highest BCUT2D eigenvalue weighted by molar-refractivity contribution is 5.21. The third kappa shape index (κ3) is 3.78. The first kappa shape index (κ1) is 16.5. The third-order valence-electron chi connectivity index (χ3n) is 5.55. The van der Waals surface area contributed by atoms with Crippen molar-refractivity contribution in [2.45, 2.75) is 45.2 Å². The van der Waals surface area contributed by atoms with Crippen LogP contribution in [0.4, 0.5) is 0 Å². The fourth-order valence-electron chi connectivity index (χ4n) is 3.96. The molecular weight excluding hydrogens is 290 g/mol. The molecule has 1 N–H and O–H groups in total. The summed E-state index contributed by atoms with van der Waals surface area (Å²) in [5.41, 5.74) is 0.796. The second-order valence-corrected chi connectivity index (χ2v) is 7.33. The summed E-state index contributed by atoms with van der Waals surface area (Å²) in [6.45, 7) is 7.30. The highest BCUT2D eigenvalue weighted by atomic mass is 16.3. The lowest BCUT2D eigenvalue weighted by atomic mass is 9.85. The first-order valence-corrected chi connectivity index (χ1v) is 8.89. The van der Waals surface area contributed by atoms with Crippen molar-refractivity contribution in [2.24, 2.45) is 5.92 Å². The van der Waals surface area contributed by atoms with Crippen LogP contribution in [0.2, 0.25) is 0 Å². The molecule has 23 heavy (non-hydrogen) atoms. The summed E-state index contributed by atoms with van der Waals surface area (Å²) in [7, 11) is 2.15. The molecule has 2 fully saturated rings. The van der Waals surface area contributed by atoms with E-state index in [0.29, 0.717) is 12.0 Å². The lowest BCUT2D eigenvalue weighted by Gasteiger charge is -2.36. The molecule has 0 aromatic carbocycles. The Labute approximate surface area is 138 Å². The van der Waals surface area contributed by atoms with Gasteiger partial charge < -0.3 is 14.6 Å². The van der Waals surface area contributed by atoms with Crippen LogP contribution in [0.3, 0.4) is 0 Å². The monoisotopic (exact) mass is 319 g/mol. The van der Waals surface area contributed by atoms with Gasteiger partial charge in [0.1, 0.15) is 0 Å². The quantitative estimate of drug-likeness (QED) is 0.926. The zero-order valence-corrected chi connectivity index (χ0v) is 14.4. The summed E-state index contributed by atoms with van der Waals surface area (Å²) in [5.74, 6) is 0.474. The second kappa shape index (κ2) is 7.05. The first-order valence-electron chi connectivity index (χ1n) is 8.89. The van der Waals surface area contributed by atoms with E-state index in [2.05, 4.69) is 28.3 Å². The summed E-state index contributed by atoms with van der Waals surface area (Å²) in [4.78, 5) is 16.7. The van der Waals surface area contributed by atoms with E-state index in [1.807, 2.05) is 0 Å². The molecule has 1 aromatic heterocycles. The molecule has 2 atom stereocenters. The van der Waals surface area contributed by atoms with Crippen molar-refractivity contribution >= 4 is 0 Å². The highest BCUT2D eigenvalue weighted by Crippen LogP contribution is 2.34. The summed E-state index contributed by atoms with van der Waals surface area (Å²) in [5, 5.41) is 9.93. The molecule has 128 valence electrons. The van der Waals surface area contributed by atoms with E-state index in [1.54, 1.807) is 12.3 Å². The van der Waals surface area contributed by atoms with Crippen LogP contribution in [0, 0.1) is 5.92 Å². The van der Waals surface area contributed by atoms with Gasteiger partial charge in [0.05, 0.1) is 6.20 Å². The van der Waals surface area contributed by atoms with E-state index in [4.69, 9.17) is 0 Å². The normalized spacial score (nSPS) is 27.2. The van der Waals surface area contributed by atoms with Crippen LogP contribution >= 0.6 is 0 Å². The Kier molecular flexibility index (Phi) is 5.07. The molecule has 5 nitrogen and oxygen atoms in total. The van der Waals surface area contributed by atoms with Crippen molar-refractivity contribution in [3.05, 3.63) is 28.2 Å². The van der Waals surface area contributed by atoms with E-state index in [-0.39, 0.29) is 11.2 Å². The van der Waals surface area contributed by atoms with Crippen molar-refractivity contribution in [3.63, 3.8) is 0 Å². The van der Waals surface area contributed by atoms with Crippen LogP contribution in [0.15, 0.2) is 17.1 Å². The number of hydrogen-bond acceptors (Lipinski definition) is 4. The van der Waals surface area contributed by atoms with Crippen LogP contribution < -0.4 is 5.43 Å². The molecule has 2 heterocycles. The molecule has 3 rings (SSSR count). The molecular formula is C18H29N3O2. The molecule has 1 aromatic rings. The number of aromatic hydroxyl groups is 1.